The van der Waals surface area contributed by atoms with Gasteiger partial charge in [-0.3, -0.25) is 37.3 Å². The smallest absolute Gasteiger partial charge is 0.481 e. The van der Waals surface area contributed by atoms with Crippen LogP contribution >= 0.6 is 35.2 Å². The minimum Gasteiger partial charge on any atom is -0.481 e. The summed E-state index contributed by atoms with van der Waals surface area (Å²) in [6.45, 7) is 1.29. The Kier molecular flexibility index (Phi) is 17.0. The number of imidazole rings is 1. The first kappa shape index (κ1) is 49.4. The number of nitrogen functional groups attached to an aromatic ring is 1. The van der Waals surface area contributed by atoms with Crippen molar-refractivity contribution < 1.29 is 95.5 Å². The number of phosphoric acid groups is 3. The number of nitrogens with zero attached hydrogens (tertiary/aromatic N) is 4. The number of ether oxygens (including phenoxy) is 1. The number of nitrogens with one attached hydrogen (secondary N) is 2. The number of carbonyl (C=O) groups excluding carboxylic acids is 3. The van der Waals surface area contributed by atoms with Gasteiger partial charge in [0.15, 0.2) is 22.8 Å². The van der Waals surface area contributed by atoms with Crippen molar-refractivity contribution in [3.8, 4) is 0 Å². The largest absolute Gasteiger partial charge is 0.481 e. The van der Waals surface area contributed by atoms with E-state index in [9.17, 15) is 67.8 Å². The van der Waals surface area contributed by atoms with Crippen molar-refractivity contribution in [1.82, 2.24) is 30.2 Å². The van der Waals surface area contributed by atoms with Gasteiger partial charge in [-0.15, -0.1) is 0 Å². The summed E-state index contributed by atoms with van der Waals surface area (Å²) >= 11 is 0.771. The van der Waals surface area contributed by atoms with E-state index in [-0.39, 0.29) is 42.2 Å². The van der Waals surface area contributed by atoms with E-state index in [1.165, 1.54) is 20.8 Å². The first-order valence-electron chi connectivity index (χ1n) is 16.6. The zero-order chi connectivity index (χ0) is 43.9. The Hall–Kier alpha value is -3.01. The van der Waals surface area contributed by atoms with Crippen LogP contribution in [0.25, 0.3) is 11.2 Å². The molecule has 8 atom stereocenters. The summed E-state index contributed by atoms with van der Waals surface area (Å²) in [7, 11) is -16.5. The van der Waals surface area contributed by atoms with E-state index in [0.29, 0.717) is 0 Å². The average Bonchev–Trinajstić information content (AvgIpc) is 3.63. The molecule has 0 aliphatic carbocycles. The molecule has 2 unspecified atom stereocenters. The van der Waals surface area contributed by atoms with Gasteiger partial charge in [-0.05, 0) is 6.92 Å². The Balaban J connectivity index is 1.47. The predicted molar refractivity (Wildman–Crippen MR) is 195 cm³/mol. The summed E-state index contributed by atoms with van der Waals surface area (Å²) < 4.78 is 62.0. The third kappa shape index (κ3) is 15.2. The standard InChI is InChI=1S/C27H44N7O20P3S/c1-26(2,21(40)24(41)30-5-4-15(35)29-6-7-58-17(38)9-27(3,42)8-16(36)37)11-51-57(48,49)54-56(46,47)50-10-14-20(53-55(43,44)45)19(39)25(52-14)34-13-33-18-22(28)31-12-32-23(18)34/h12-14,19-21,25,39-40,42H,4-11H2,1-3H3,(H,29,35)(H,30,41)(H,36,37)(H,46,47)(H,48,49)(H2,28,31,32)(H2,43,44,45)/t14-,19+,20-,21-,25-,27-/m0/s1. The van der Waals surface area contributed by atoms with Crippen LogP contribution in [0.4, 0.5) is 5.82 Å². The van der Waals surface area contributed by atoms with Crippen LogP contribution in [-0.4, -0.2) is 144 Å². The van der Waals surface area contributed by atoms with Crippen LogP contribution in [0.2, 0.25) is 0 Å². The molecule has 1 fully saturated rings. The van der Waals surface area contributed by atoms with E-state index in [1.54, 1.807) is 0 Å². The van der Waals surface area contributed by atoms with Crippen LogP contribution in [-0.2, 0) is 55.5 Å². The Morgan fingerprint density at radius 2 is 1.67 bits per heavy atom. The molecule has 0 aromatic carbocycles. The molecule has 27 nitrogen and oxygen atoms in total. The minimum atomic E-state index is -5.60. The van der Waals surface area contributed by atoms with Crippen molar-refractivity contribution in [2.24, 2.45) is 5.41 Å². The van der Waals surface area contributed by atoms with Crippen LogP contribution in [0, 0.1) is 5.41 Å². The molecule has 31 heteroatoms. The molecule has 1 saturated heterocycles. The maximum Gasteiger partial charge on any atom is 0.481 e. The van der Waals surface area contributed by atoms with Crippen LogP contribution in [0.15, 0.2) is 12.7 Å². The van der Waals surface area contributed by atoms with Crippen molar-refractivity contribution >= 4 is 75.1 Å². The first-order valence-corrected chi connectivity index (χ1v) is 22.1. The van der Waals surface area contributed by atoms with Gasteiger partial charge in [0.1, 0.15) is 36.3 Å². The molecule has 2 amide bonds. The van der Waals surface area contributed by atoms with Gasteiger partial charge in [0, 0.05) is 37.1 Å². The number of carbonyl (C=O) groups is 4. The second-order valence-corrected chi connectivity index (χ2v) is 18.9. The Labute approximate surface area is 332 Å². The van der Waals surface area contributed by atoms with Crippen LogP contribution < -0.4 is 16.4 Å². The van der Waals surface area contributed by atoms with Crippen LogP contribution in [0.1, 0.15) is 46.3 Å². The number of nitrogens with two attached hydrogens (primary N) is 1. The first-order chi connectivity index (χ1) is 26.6. The molecule has 12 N–H and O–H groups in total. The van der Waals surface area contributed by atoms with E-state index in [2.05, 4.69) is 34.4 Å². The van der Waals surface area contributed by atoms with E-state index in [0.717, 1.165) is 29.0 Å². The highest BCUT2D eigenvalue weighted by molar-refractivity contribution is 8.13. The van der Waals surface area contributed by atoms with E-state index in [1.807, 2.05) is 0 Å². The molecule has 2 aromatic heterocycles. The highest BCUT2D eigenvalue weighted by Gasteiger charge is 2.50. The van der Waals surface area contributed by atoms with Gasteiger partial charge in [-0.1, -0.05) is 25.6 Å². The molecule has 1 aliphatic heterocycles. The molecule has 58 heavy (non-hydrogen) atoms. The fourth-order valence-corrected chi connectivity index (χ4v) is 8.72. The van der Waals surface area contributed by atoms with Crippen molar-refractivity contribution in [2.45, 2.75) is 76.3 Å². The number of aromatic nitrogens is 4. The number of aliphatic hydroxyl groups excluding tert-OH is 2. The maximum absolute atomic E-state index is 12.7. The second-order valence-electron chi connectivity index (χ2n) is 13.5. The van der Waals surface area contributed by atoms with Crippen molar-refractivity contribution in [3.05, 3.63) is 12.7 Å². The number of phosphoric ester groups is 3. The summed E-state index contributed by atoms with van der Waals surface area (Å²) in [5.41, 5.74) is 2.44. The number of rotatable bonds is 23. The van der Waals surface area contributed by atoms with Gasteiger partial charge in [0.2, 0.25) is 11.8 Å². The number of carboxylic acids is 1. The minimum absolute atomic E-state index is 0.0147. The normalized spacial score (nSPS) is 22.4. The Bertz CT molecular complexity index is 1950. The zero-order valence-corrected chi connectivity index (χ0v) is 34.3. The van der Waals surface area contributed by atoms with Gasteiger partial charge in [0.25, 0.3) is 0 Å². The van der Waals surface area contributed by atoms with Crippen LogP contribution in [0.3, 0.4) is 0 Å². The second kappa shape index (κ2) is 20.0. The quantitative estimate of drug-likeness (QED) is 0.0436. The monoisotopic (exact) mass is 911 g/mol. The number of hydrogen-bond donors (Lipinski definition) is 11. The van der Waals surface area contributed by atoms with Gasteiger partial charge >= 0.3 is 29.4 Å². The maximum atomic E-state index is 12.7. The molecular weight excluding hydrogens is 867 g/mol. The number of hydrogen-bond acceptors (Lipinski definition) is 20. The highest BCUT2D eigenvalue weighted by Crippen LogP contribution is 2.61. The Morgan fingerprint density at radius 3 is 2.31 bits per heavy atom. The van der Waals surface area contributed by atoms with Crippen molar-refractivity contribution in [1.29, 1.82) is 0 Å². The molecule has 0 bridgehead atoms. The molecule has 0 spiro atoms. The number of anilines is 1. The molecule has 328 valence electrons. The van der Waals surface area contributed by atoms with Crippen molar-refractivity contribution in [3.63, 3.8) is 0 Å². The van der Waals surface area contributed by atoms with Gasteiger partial charge in [-0.2, -0.15) is 4.31 Å². The summed E-state index contributed by atoms with van der Waals surface area (Å²) in [5, 5.41) is 44.4. The summed E-state index contributed by atoms with van der Waals surface area (Å²) in [5.74, 6) is -2.81. The molecular formula is C27H44N7O20P3S. The van der Waals surface area contributed by atoms with E-state index < -0.39 is 114 Å². The fourth-order valence-electron chi connectivity index (χ4n) is 5.05. The lowest BCUT2D eigenvalue weighted by Gasteiger charge is -2.30. The molecule has 0 radical (unpaired) electrons. The molecule has 1 aliphatic rings. The summed E-state index contributed by atoms with van der Waals surface area (Å²) in [6.07, 6.45) is -8.22. The third-order valence-corrected chi connectivity index (χ3v) is 11.8. The average molecular weight is 912 g/mol. The Morgan fingerprint density at radius 1 is 1.02 bits per heavy atom. The van der Waals surface area contributed by atoms with Crippen LogP contribution in [0.5, 0.6) is 0 Å². The topological polar surface area (TPSA) is 421 Å². The van der Waals surface area contributed by atoms with Gasteiger partial charge in [0.05, 0.1) is 31.6 Å². The predicted octanol–water partition coefficient (Wildman–Crippen LogP) is -1.72. The van der Waals surface area contributed by atoms with Gasteiger partial charge in [-0.25, -0.2) is 28.6 Å². The molecule has 0 saturated carbocycles. The van der Waals surface area contributed by atoms with E-state index in [4.69, 9.17) is 24.6 Å². The SMILES string of the molecule is CC(C)(COP(=O)(O)OP(=O)(O)OC[C@@H]1O[C@H](n2cnc3c(N)ncnc32)[C@H](O)[C@H]1OP(=O)(O)O)[C@@H](O)C(=O)NCCC(=O)NCCSC(=O)C[C@@](C)(O)CC(=O)O. The highest BCUT2D eigenvalue weighted by atomic mass is 32.2. The third-order valence-electron chi connectivity index (χ3n) is 7.82. The lowest BCUT2D eigenvalue weighted by atomic mass is 9.87. The summed E-state index contributed by atoms with van der Waals surface area (Å²) in [6, 6.07) is 0. The van der Waals surface area contributed by atoms with Gasteiger partial charge < -0.3 is 61.1 Å². The number of aliphatic hydroxyl groups is 3. The molecule has 3 heterocycles. The molecule has 2 aromatic rings. The van der Waals surface area contributed by atoms with E-state index >= 15 is 0 Å². The number of amides is 2. The fraction of sp³-hybridized carbons (Fsp3) is 0.667. The lowest BCUT2D eigenvalue weighted by molar-refractivity contribution is -0.142. The molecule has 3 rings (SSSR count). The van der Waals surface area contributed by atoms with Crippen molar-refractivity contribution in [2.75, 3.05) is 37.8 Å². The zero-order valence-electron chi connectivity index (χ0n) is 30.8. The number of thioether (sulfide) groups is 1. The number of fused-ring (bicyclic) bond motifs is 1. The summed E-state index contributed by atoms with van der Waals surface area (Å²) in [4.78, 5) is 98.2. The number of aliphatic carboxylic acids is 1. The number of carboxylic acid groups (broad SMARTS) is 1. The lowest BCUT2D eigenvalue weighted by Crippen LogP contribution is -2.46.